The first-order chi connectivity index (χ1) is 4.41. The molecule has 0 aliphatic rings. The lowest BCUT2D eigenvalue weighted by molar-refractivity contribution is 0.197. The average molecular weight is 128 g/mol. The zero-order valence-electron chi connectivity index (χ0n) is 5.92. The van der Waals surface area contributed by atoms with Crippen molar-refractivity contribution in [1.29, 1.82) is 0 Å². The molecule has 0 bridgehead atoms. The highest BCUT2D eigenvalue weighted by atomic mass is 16.5. The van der Waals surface area contributed by atoms with Gasteiger partial charge in [0.25, 0.3) is 0 Å². The third-order valence-corrected chi connectivity index (χ3v) is 0.789. The number of hydrogen-bond acceptors (Lipinski definition) is 3. The molecule has 0 aromatic heterocycles. The van der Waals surface area contributed by atoms with Crippen LogP contribution in [0.15, 0.2) is 9.98 Å². The monoisotopic (exact) mass is 128 g/mol. The molecule has 0 saturated heterocycles. The Morgan fingerprint density at radius 1 is 1.56 bits per heavy atom. The molecule has 0 aromatic carbocycles. The highest BCUT2D eigenvalue weighted by Gasteiger charge is 1.79. The van der Waals surface area contributed by atoms with Crippen LogP contribution >= 0.6 is 0 Å². The van der Waals surface area contributed by atoms with Crippen LogP contribution in [0, 0.1) is 0 Å². The molecular weight excluding hydrogens is 116 g/mol. The second-order valence-corrected chi connectivity index (χ2v) is 1.55. The predicted molar refractivity (Wildman–Crippen MR) is 37.1 cm³/mol. The van der Waals surface area contributed by atoms with E-state index in [0.717, 1.165) is 19.6 Å². The van der Waals surface area contributed by atoms with Gasteiger partial charge in [0.15, 0.2) is 0 Å². The number of rotatable bonds is 4. The van der Waals surface area contributed by atoms with E-state index in [1.54, 1.807) is 14.2 Å². The van der Waals surface area contributed by atoms with Crippen molar-refractivity contribution in [3.8, 4) is 0 Å². The summed E-state index contributed by atoms with van der Waals surface area (Å²) in [6.07, 6.45) is 0.943. The molecule has 9 heavy (non-hydrogen) atoms. The maximum atomic E-state index is 4.80. The van der Waals surface area contributed by atoms with Gasteiger partial charge in [-0.1, -0.05) is 0 Å². The fourth-order valence-corrected chi connectivity index (χ4v) is 0.409. The van der Waals surface area contributed by atoms with Crippen LogP contribution in [-0.2, 0) is 4.74 Å². The third-order valence-electron chi connectivity index (χ3n) is 0.789. The molecule has 0 aromatic rings. The zero-order chi connectivity index (χ0) is 6.95. The molecule has 0 radical (unpaired) electrons. The lowest BCUT2D eigenvalue weighted by atomic mass is 10.5. The molecule has 0 unspecified atom stereocenters. The van der Waals surface area contributed by atoms with E-state index in [0.29, 0.717) is 0 Å². The zero-order valence-corrected chi connectivity index (χ0v) is 5.92. The molecule has 52 valence electrons. The van der Waals surface area contributed by atoms with Gasteiger partial charge in [0, 0.05) is 20.8 Å². The largest absolute Gasteiger partial charge is 0.385 e. The normalized spacial score (nSPS) is 8.22. The minimum absolute atomic E-state index is 0.755. The van der Waals surface area contributed by atoms with Crippen molar-refractivity contribution in [2.24, 2.45) is 9.98 Å². The van der Waals surface area contributed by atoms with Crippen LogP contribution in [-0.4, -0.2) is 33.3 Å². The van der Waals surface area contributed by atoms with E-state index in [-0.39, 0.29) is 0 Å². The molecule has 0 fully saturated rings. The Morgan fingerprint density at radius 3 is 2.89 bits per heavy atom. The van der Waals surface area contributed by atoms with Crippen LogP contribution in [0.25, 0.3) is 0 Å². The smallest absolute Gasteiger partial charge is 0.0889 e. The summed E-state index contributed by atoms with van der Waals surface area (Å²) < 4.78 is 4.80. The van der Waals surface area contributed by atoms with Crippen LogP contribution in [0.3, 0.4) is 0 Å². The molecule has 3 heteroatoms. The number of aliphatic imine (C=N–C) groups is 2. The van der Waals surface area contributed by atoms with E-state index in [9.17, 15) is 0 Å². The third kappa shape index (κ3) is 7.34. The van der Waals surface area contributed by atoms with Gasteiger partial charge in [-0.3, -0.25) is 0 Å². The Bertz CT molecular complexity index is 106. The fraction of sp³-hybridized carbons (Fsp3) is 0.833. The highest BCUT2D eigenvalue weighted by molar-refractivity contribution is 5.40. The Kier molecular flexibility index (Phi) is 6.80. The summed E-state index contributed by atoms with van der Waals surface area (Å²) in [4.78, 5) is 7.41. The van der Waals surface area contributed by atoms with Crippen molar-refractivity contribution in [3.05, 3.63) is 0 Å². The molecule has 0 saturated carbocycles. The Hall–Kier alpha value is -0.660. The van der Waals surface area contributed by atoms with Crippen LogP contribution in [0.5, 0.6) is 0 Å². The van der Waals surface area contributed by atoms with E-state index < -0.39 is 0 Å². The first-order valence-corrected chi connectivity index (χ1v) is 2.91. The van der Waals surface area contributed by atoms with Crippen LogP contribution in [0.4, 0.5) is 0 Å². The van der Waals surface area contributed by atoms with E-state index in [4.69, 9.17) is 4.74 Å². The topological polar surface area (TPSA) is 34.0 Å². The quantitative estimate of drug-likeness (QED) is 0.408. The minimum atomic E-state index is 0.755. The fourth-order valence-electron chi connectivity index (χ4n) is 0.409. The average Bonchev–Trinajstić information content (AvgIpc) is 1.89. The first-order valence-electron chi connectivity index (χ1n) is 2.91. The molecule has 0 rings (SSSR count). The first kappa shape index (κ1) is 8.34. The van der Waals surface area contributed by atoms with Crippen molar-refractivity contribution in [3.63, 3.8) is 0 Å². The summed E-state index contributed by atoms with van der Waals surface area (Å²) in [5, 5.41) is 0. The summed E-state index contributed by atoms with van der Waals surface area (Å²) in [5.41, 5.74) is 0. The molecule has 0 aliphatic heterocycles. The Balaban J connectivity index is 3.00. The van der Waals surface area contributed by atoms with E-state index in [2.05, 4.69) is 16.0 Å². The molecule has 0 amide bonds. The summed E-state index contributed by atoms with van der Waals surface area (Å²) in [5.74, 6) is 0. The van der Waals surface area contributed by atoms with Gasteiger partial charge in [0.05, 0.1) is 12.6 Å². The van der Waals surface area contributed by atoms with Gasteiger partial charge in [-0.2, -0.15) is 0 Å². The van der Waals surface area contributed by atoms with E-state index in [1.165, 1.54) is 0 Å². The molecule has 0 heterocycles. The Morgan fingerprint density at radius 2 is 2.33 bits per heavy atom. The van der Waals surface area contributed by atoms with Gasteiger partial charge >= 0.3 is 0 Å². The second kappa shape index (κ2) is 7.34. The van der Waals surface area contributed by atoms with Crippen molar-refractivity contribution < 1.29 is 4.74 Å². The van der Waals surface area contributed by atoms with Crippen LogP contribution in [0.1, 0.15) is 6.42 Å². The highest BCUT2D eigenvalue weighted by Crippen LogP contribution is 1.78. The summed E-state index contributed by atoms with van der Waals surface area (Å²) in [6, 6.07) is 2.50. The lowest BCUT2D eigenvalue weighted by Gasteiger charge is -1.90. The molecule has 0 aliphatic carbocycles. The predicted octanol–water partition coefficient (Wildman–Crippen LogP) is 0.827. The number of nitrogens with zero attached hydrogens (tertiary/aromatic N) is 2. The number of ether oxygens (including phenoxy) is 1. The van der Waals surface area contributed by atoms with Gasteiger partial charge < -0.3 is 4.74 Å². The van der Waals surface area contributed by atoms with E-state index in [1.807, 2.05) is 0 Å². The second-order valence-electron chi connectivity index (χ2n) is 1.55. The lowest BCUT2D eigenvalue weighted by Crippen LogP contribution is -1.90. The van der Waals surface area contributed by atoms with Gasteiger partial charge in [0.1, 0.15) is 0 Å². The van der Waals surface area contributed by atoms with Crippen molar-refractivity contribution in [2.45, 2.75) is 6.42 Å². The molecule has 3 nitrogen and oxygen atoms in total. The number of hydrogen-bond donors (Lipinski definition) is 0. The summed E-state index contributed by atoms with van der Waals surface area (Å²) >= 11 is 0. The maximum Gasteiger partial charge on any atom is 0.0889 e. The minimum Gasteiger partial charge on any atom is -0.385 e. The van der Waals surface area contributed by atoms with Crippen LogP contribution in [0.2, 0.25) is 0 Å². The van der Waals surface area contributed by atoms with Gasteiger partial charge in [-0.25, -0.2) is 9.98 Å². The summed E-state index contributed by atoms with van der Waals surface area (Å²) in [7, 11) is 3.33. The Labute approximate surface area is 55.5 Å². The summed E-state index contributed by atoms with van der Waals surface area (Å²) in [6.45, 7) is 1.51. The van der Waals surface area contributed by atoms with Crippen molar-refractivity contribution in [1.82, 2.24) is 0 Å². The van der Waals surface area contributed by atoms with Gasteiger partial charge in [-0.15, -0.1) is 0 Å². The van der Waals surface area contributed by atoms with Gasteiger partial charge in [0.2, 0.25) is 0 Å². The molecule has 0 N–H and O–H groups in total. The number of methoxy groups -OCH3 is 1. The molecule has 0 atom stereocenters. The van der Waals surface area contributed by atoms with Crippen LogP contribution < -0.4 is 0 Å². The standard InChI is InChI=1S/C6H12N2O/c1-7-6-8-4-3-5-9-2/h3-5H2,1-2H3. The molecule has 0 spiro atoms. The SMILES string of the molecule is CN=C=NCCCOC. The maximum absolute atomic E-state index is 4.80. The van der Waals surface area contributed by atoms with Gasteiger partial charge in [-0.05, 0) is 6.42 Å². The van der Waals surface area contributed by atoms with Crippen molar-refractivity contribution in [2.75, 3.05) is 27.3 Å². The molecular formula is C6H12N2O. The van der Waals surface area contributed by atoms with Crippen molar-refractivity contribution >= 4 is 6.01 Å². The van der Waals surface area contributed by atoms with E-state index >= 15 is 0 Å².